The zero-order valence-electron chi connectivity index (χ0n) is 12.8. The molecule has 1 saturated heterocycles. The van der Waals surface area contributed by atoms with E-state index >= 15 is 0 Å². The number of phenolic OH excluding ortho intramolecular Hbond substituents is 1. The topological polar surface area (TPSA) is 134 Å². The third kappa shape index (κ3) is 4.48. The van der Waals surface area contributed by atoms with E-state index in [0.29, 0.717) is 23.9 Å². The van der Waals surface area contributed by atoms with Crippen molar-refractivity contribution >= 4 is 39.9 Å². The standard InChI is InChI=1S/C15H18BrN5O3/c16-10-8-9(3-4-12(10)22)5-7-21-13(23)11(20-15(21)24)2-1-6-19-14(17)18/h3-5,7-8,11,22H,1-2,6H2,(H,20,24)(H4,17,18,19). The van der Waals surface area contributed by atoms with Crippen LogP contribution in [-0.2, 0) is 4.79 Å². The van der Waals surface area contributed by atoms with E-state index < -0.39 is 12.1 Å². The van der Waals surface area contributed by atoms with Gasteiger partial charge in [0.2, 0.25) is 0 Å². The molecule has 9 heteroatoms. The van der Waals surface area contributed by atoms with Crippen molar-refractivity contribution in [3.63, 3.8) is 0 Å². The Bertz CT molecular complexity index is 700. The van der Waals surface area contributed by atoms with Crippen molar-refractivity contribution in [3.05, 3.63) is 34.4 Å². The van der Waals surface area contributed by atoms with E-state index in [9.17, 15) is 14.7 Å². The highest BCUT2D eigenvalue weighted by atomic mass is 79.9. The number of nitrogens with two attached hydrogens (primary N) is 2. The molecule has 6 N–H and O–H groups in total. The second-order valence-corrected chi connectivity index (χ2v) is 6.04. The molecule has 24 heavy (non-hydrogen) atoms. The summed E-state index contributed by atoms with van der Waals surface area (Å²) < 4.78 is 0.527. The van der Waals surface area contributed by atoms with Crippen molar-refractivity contribution in [2.45, 2.75) is 18.9 Å². The molecular weight excluding hydrogens is 378 g/mol. The number of nitrogens with zero attached hydrogens (tertiary/aromatic N) is 2. The van der Waals surface area contributed by atoms with Crippen LogP contribution in [0, 0.1) is 0 Å². The largest absolute Gasteiger partial charge is 0.507 e. The average Bonchev–Trinajstić information content (AvgIpc) is 2.79. The number of aromatic hydroxyl groups is 1. The number of phenols is 1. The fourth-order valence-corrected chi connectivity index (χ4v) is 2.57. The number of urea groups is 1. The molecule has 1 fully saturated rings. The maximum Gasteiger partial charge on any atom is 0.328 e. The van der Waals surface area contributed by atoms with Gasteiger partial charge < -0.3 is 21.9 Å². The van der Waals surface area contributed by atoms with Crippen molar-refractivity contribution in [2.24, 2.45) is 16.5 Å². The van der Waals surface area contributed by atoms with Gasteiger partial charge in [-0.15, -0.1) is 0 Å². The molecule has 1 heterocycles. The molecule has 1 aromatic rings. The molecule has 0 aromatic heterocycles. The number of hydrogen-bond acceptors (Lipinski definition) is 4. The van der Waals surface area contributed by atoms with E-state index in [1.54, 1.807) is 18.2 Å². The quantitative estimate of drug-likeness (QED) is 0.247. The Balaban J connectivity index is 1.97. The summed E-state index contributed by atoms with van der Waals surface area (Å²) in [4.78, 5) is 29.0. The predicted octanol–water partition coefficient (Wildman–Crippen LogP) is 1.10. The van der Waals surface area contributed by atoms with Gasteiger partial charge in [-0.25, -0.2) is 9.69 Å². The van der Waals surface area contributed by atoms with Gasteiger partial charge in [-0.1, -0.05) is 6.07 Å². The van der Waals surface area contributed by atoms with Crippen molar-refractivity contribution in [1.29, 1.82) is 0 Å². The van der Waals surface area contributed by atoms with E-state index in [1.165, 1.54) is 12.3 Å². The third-order valence-electron chi connectivity index (χ3n) is 3.39. The number of benzene rings is 1. The summed E-state index contributed by atoms with van der Waals surface area (Å²) in [6.45, 7) is 0.402. The zero-order chi connectivity index (χ0) is 17.7. The van der Waals surface area contributed by atoms with E-state index in [1.807, 2.05) is 0 Å². The van der Waals surface area contributed by atoms with Gasteiger partial charge in [-0.2, -0.15) is 0 Å². The van der Waals surface area contributed by atoms with Gasteiger partial charge >= 0.3 is 6.03 Å². The Morgan fingerprint density at radius 2 is 2.17 bits per heavy atom. The lowest BCUT2D eigenvalue weighted by molar-refractivity contribution is -0.125. The molecule has 128 valence electrons. The Morgan fingerprint density at radius 1 is 1.42 bits per heavy atom. The maximum absolute atomic E-state index is 12.2. The van der Waals surface area contributed by atoms with Crippen LogP contribution in [0.2, 0.25) is 0 Å². The molecule has 8 nitrogen and oxygen atoms in total. The third-order valence-corrected chi connectivity index (χ3v) is 4.02. The molecule has 1 aliphatic heterocycles. The minimum absolute atomic E-state index is 0.00130. The van der Waals surface area contributed by atoms with Gasteiger partial charge in [0.25, 0.3) is 5.91 Å². The van der Waals surface area contributed by atoms with Crippen LogP contribution in [0.15, 0.2) is 33.9 Å². The highest BCUT2D eigenvalue weighted by molar-refractivity contribution is 9.10. The Kier molecular flexibility index (Phi) is 5.80. The van der Waals surface area contributed by atoms with Crippen molar-refractivity contribution in [3.8, 4) is 5.75 Å². The van der Waals surface area contributed by atoms with Gasteiger partial charge in [-0.05, 0) is 52.5 Å². The molecule has 1 atom stereocenters. The Morgan fingerprint density at radius 3 is 2.83 bits per heavy atom. The van der Waals surface area contributed by atoms with Crippen molar-refractivity contribution < 1.29 is 14.7 Å². The summed E-state index contributed by atoms with van der Waals surface area (Å²) in [6, 6.07) is 3.81. The van der Waals surface area contributed by atoms with E-state index in [2.05, 4.69) is 26.2 Å². The zero-order valence-corrected chi connectivity index (χ0v) is 14.4. The molecule has 0 aliphatic carbocycles. The minimum Gasteiger partial charge on any atom is -0.507 e. The Labute approximate surface area is 147 Å². The number of aliphatic imine (C=N–C) groups is 1. The van der Waals surface area contributed by atoms with Crippen LogP contribution in [0.25, 0.3) is 6.08 Å². The minimum atomic E-state index is -0.581. The van der Waals surface area contributed by atoms with Crippen LogP contribution in [0.1, 0.15) is 18.4 Å². The second-order valence-electron chi connectivity index (χ2n) is 5.19. The van der Waals surface area contributed by atoms with E-state index in [-0.39, 0.29) is 17.6 Å². The molecule has 0 spiro atoms. The smallest absolute Gasteiger partial charge is 0.328 e. The van der Waals surface area contributed by atoms with E-state index in [4.69, 9.17) is 11.5 Å². The first kappa shape index (κ1) is 17.8. The summed E-state index contributed by atoms with van der Waals surface area (Å²) >= 11 is 3.21. The van der Waals surface area contributed by atoms with Gasteiger partial charge in [0.1, 0.15) is 11.8 Å². The highest BCUT2D eigenvalue weighted by Crippen LogP contribution is 2.25. The second kappa shape index (κ2) is 7.82. The van der Waals surface area contributed by atoms with Crippen LogP contribution >= 0.6 is 15.9 Å². The summed E-state index contributed by atoms with van der Waals surface area (Å²) in [5.41, 5.74) is 11.2. The first-order chi connectivity index (χ1) is 11.4. The highest BCUT2D eigenvalue weighted by Gasteiger charge is 2.36. The van der Waals surface area contributed by atoms with Gasteiger partial charge in [-0.3, -0.25) is 9.79 Å². The number of carbonyl (C=O) groups is 2. The fourth-order valence-electron chi connectivity index (χ4n) is 2.18. The van der Waals surface area contributed by atoms with Crippen molar-refractivity contribution in [2.75, 3.05) is 6.54 Å². The summed E-state index contributed by atoms with van der Waals surface area (Å²) in [5, 5.41) is 12.1. The first-order valence-electron chi connectivity index (χ1n) is 7.24. The number of imide groups is 1. The van der Waals surface area contributed by atoms with Crippen LogP contribution in [0.4, 0.5) is 4.79 Å². The summed E-state index contributed by atoms with van der Waals surface area (Å²) in [7, 11) is 0. The molecule has 0 bridgehead atoms. The van der Waals surface area contributed by atoms with Crippen LogP contribution in [0.3, 0.4) is 0 Å². The number of nitrogens with one attached hydrogen (secondary N) is 1. The number of hydrogen-bond donors (Lipinski definition) is 4. The number of halogens is 1. The lowest BCUT2D eigenvalue weighted by Gasteiger charge is -2.07. The molecule has 0 radical (unpaired) electrons. The van der Waals surface area contributed by atoms with E-state index in [0.717, 1.165) is 10.5 Å². The number of carbonyl (C=O) groups excluding carboxylic acids is 2. The number of guanidine groups is 1. The average molecular weight is 396 g/mol. The summed E-state index contributed by atoms with van der Waals surface area (Å²) in [6.07, 6.45) is 4.06. The fraction of sp³-hybridized carbons (Fsp3) is 0.267. The molecule has 1 aromatic carbocycles. The number of amides is 3. The monoisotopic (exact) mass is 395 g/mol. The lowest BCUT2D eigenvalue weighted by Crippen LogP contribution is -2.29. The number of rotatable bonds is 6. The van der Waals surface area contributed by atoms with Crippen LogP contribution in [0.5, 0.6) is 5.75 Å². The molecule has 3 amide bonds. The van der Waals surface area contributed by atoms with Crippen molar-refractivity contribution in [1.82, 2.24) is 10.2 Å². The summed E-state index contributed by atoms with van der Waals surface area (Å²) in [5.74, 6) is -0.205. The first-order valence-corrected chi connectivity index (χ1v) is 8.03. The SMILES string of the molecule is NC(N)=NCCCC1NC(=O)N(C=Cc2ccc(O)c(Br)c2)C1=O. The molecule has 2 rings (SSSR count). The molecular formula is C15H18BrN5O3. The lowest BCUT2D eigenvalue weighted by atomic mass is 10.1. The molecule has 0 saturated carbocycles. The molecule has 1 unspecified atom stereocenters. The Hall–Kier alpha value is -2.55. The van der Waals surface area contributed by atoms with Gasteiger partial charge in [0.05, 0.1) is 4.47 Å². The maximum atomic E-state index is 12.2. The predicted molar refractivity (Wildman–Crippen MR) is 93.9 cm³/mol. The molecule has 1 aliphatic rings. The normalized spacial score (nSPS) is 17.4. The van der Waals surface area contributed by atoms with Gasteiger partial charge in [0.15, 0.2) is 5.96 Å². The van der Waals surface area contributed by atoms with Crippen LogP contribution < -0.4 is 16.8 Å². The van der Waals surface area contributed by atoms with Crippen LogP contribution in [-0.4, -0.2) is 40.5 Å². The van der Waals surface area contributed by atoms with Gasteiger partial charge in [0, 0.05) is 12.7 Å².